The van der Waals surface area contributed by atoms with Crippen molar-refractivity contribution in [3.63, 3.8) is 0 Å². The normalized spacial score (nSPS) is 19.8. The number of hydrogen-bond donors (Lipinski definition) is 0. The Bertz CT molecular complexity index is 386. The second-order valence-corrected chi connectivity index (χ2v) is 6.05. The number of aromatic nitrogens is 1. The molecule has 0 saturated carbocycles. The molecule has 6 heteroatoms. The fourth-order valence-corrected chi connectivity index (χ4v) is 2.85. The minimum absolute atomic E-state index is 0.330. The van der Waals surface area contributed by atoms with Gasteiger partial charge in [0, 0.05) is 32.1 Å². The Morgan fingerprint density at radius 2 is 2.30 bits per heavy atom. The molecule has 0 aliphatic carbocycles. The van der Waals surface area contributed by atoms with Crippen LogP contribution >= 0.6 is 11.3 Å². The molecule has 2 heterocycles. The standard InChI is InChI=1S/C14H24N2O3S/c1-12-15-13(11-20-12)10-19-14-3-4-16(9-14)5-6-18-8-7-17-2/h11,14H,3-10H2,1-2H3. The lowest BCUT2D eigenvalue weighted by molar-refractivity contribution is 0.0369. The lowest BCUT2D eigenvalue weighted by Crippen LogP contribution is -2.27. The summed E-state index contributed by atoms with van der Waals surface area (Å²) in [5, 5.41) is 3.18. The molecule has 1 unspecified atom stereocenters. The van der Waals surface area contributed by atoms with Crippen LogP contribution in [0.3, 0.4) is 0 Å². The van der Waals surface area contributed by atoms with E-state index in [1.54, 1.807) is 18.4 Å². The van der Waals surface area contributed by atoms with Crippen molar-refractivity contribution >= 4 is 11.3 Å². The lowest BCUT2D eigenvalue weighted by Gasteiger charge is -2.16. The Hall–Kier alpha value is -0.530. The fraction of sp³-hybridized carbons (Fsp3) is 0.786. The molecule has 0 N–H and O–H groups in total. The quantitative estimate of drug-likeness (QED) is 0.650. The topological polar surface area (TPSA) is 43.8 Å². The van der Waals surface area contributed by atoms with Crippen molar-refractivity contribution in [2.24, 2.45) is 0 Å². The van der Waals surface area contributed by atoms with Crippen molar-refractivity contribution in [3.8, 4) is 0 Å². The number of aryl methyl sites for hydroxylation is 1. The summed E-state index contributed by atoms with van der Waals surface area (Å²) in [5.41, 5.74) is 1.05. The molecule has 0 bridgehead atoms. The van der Waals surface area contributed by atoms with Gasteiger partial charge in [-0.2, -0.15) is 0 Å². The van der Waals surface area contributed by atoms with Gasteiger partial charge in [-0.1, -0.05) is 0 Å². The maximum atomic E-state index is 5.92. The number of likely N-dealkylation sites (tertiary alicyclic amines) is 1. The Labute approximate surface area is 124 Å². The molecule has 1 aliphatic heterocycles. The third-order valence-corrected chi connectivity index (χ3v) is 4.17. The number of ether oxygens (including phenoxy) is 3. The van der Waals surface area contributed by atoms with Gasteiger partial charge in [0.2, 0.25) is 0 Å². The Balaban J connectivity index is 1.55. The summed E-state index contributed by atoms with van der Waals surface area (Å²) < 4.78 is 16.3. The Morgan fingerprint density at radius 3 is 3.05 bits per heavy atom. The maximum Gasteiger partial charge on any atom is 0.0900 e. The van der Waals surface area contributed by atoms with E-state index in [4.69, 9.17) is 14.2 Å². The number of thiazole rings is 1. The summed E-state index contributed by atoms with van der Waals surface area (Å²) in [5.74, 6) is 0. The molecular weight excluding hydrogens is 276 g/mol. The van der Waals surface area contributed by atoms with Crippen LogP contribution in [0.4, 0.5) is 0 Å². The zero-order valence-corrected chi connectivity index (χ0v) is 13.2. The summed E-state index contributed by atoms with van der Waals surface area (Å²) in [6.45, 7) is 7.82. The Morgan fingerprint density at radius 1 is 1.40 bits per heavy atom. The lowest BCUT2D eigenvalue weighted by atomic mass is 10.3. The SMILES string of the molecule is COCCOCCN1CCC(OCc2csc(C)n2)C1. The largest absolute Gasteiger partial charge is 0.382 e. The van der Waals surface area contributed by atoms with E-state index in [-0.39, 0.29) is 0 Å². The van der Waals surface area contributed by atoms with E-state index in [9.17, 15) is 0 Å². The molecule has 20 heavy (non-hydrogen) atoms. The molecule has 1 aromatic rings. The van der Waals surface area contributed by atoms with Gasteiger partial charge in [0.15, 0.2) is 0 Å². The van der Waals surface area contributed by atoms with Crippen molar-refractivity contribution in [1.29, 1.82) is 0 Å². The van der Waals surface area contributed by atoms with Crippen LogP contribution in [0.2, 0.25) is 0 Å². The average molecular weight is 300 g/mol. The van der Waals surface area contributed by atoms with Crippen LogP contribution in [-0.4, -0.2) is 62.6 Å². The van der Waals surface area contributed by atoms with Crippen molar-refractivity contribution in [2.75, 3.05) is 46.6 Å². The van der Waals surface area contributed by atoms with Crippen LogP contribution in [-0.2, 0) is 20.8 Å². The predicted octanol–water partition coefficient (Wildman–Crippen LogP) is 1.71. The highest BCUT2D eigenvalue weighted by Gasteiger charge is 2.22. The number of hydrogen-bond acceptors (Lipinski definition) is 6. The molecule has 1 fully saturated rings. The van der Waals surface area contributed by atoms with Crippen LogP contribution < -0.4 is 0 Å². The van der Waals surface area contributed by atoms with Gasteiger partial charge in [0.1, 0.15) is 0 Å². The first-order chi connectivity index (χ1) is 9.78. The fourth-order valence-electron chi connectivity index (χ4n) is 2.25. The Kier molecular flexibility index (Phi) is 6.89. The third kappa shape index (κ3) is 5.46. The van der Waals surface area contributed by atoms with E-state index in [0.717, 1.165) is 43.4 Å². The van der Waals surface area contributed by atoms with E-state index < -0.39 is 0 Å². The van der Waals surface area contributed by atoms with E-state index in [2.05, 4.69) is 15.3 Å². The summed E-state index contributed by atoms with van der Waals surface area (Å²) in [6.07, 6.45) is 1.43. The predicted molar refractivity (Wildman–Crippen MR) is 79.2 cm³/mol. The molecule has 5 nitrogen and oxygen atoms in total. The van der Waals surface area contributed by atoms with E-state index in [1.165, 1.54) is 0 Å². The van der Waals surface area contributed by atoms with Crippen molar-refractivity contribution in [3.05, 3.63) is 16.1 Å². The highest BCUT2D eigenvalue weighted by atomic mass is 32.1. The van der Waals surface area contributed by atoms with Crippen molar-refractivity contribution in [1.82, 2.24) is 9.88 Å². The molecule has 0 spiro atoms. The molecule has 0 radical (unpaired) electrons. The van der Waals surface area contributed by atoms with E-state index in [0.29, 0.717) is 25.9 Å². The zero-order chi connectivity index (χ0) is 14.2. The highest BCUT2D eigenvalue weighted by Crippen LogP contribution is 2.15. The van der Waals surface area contributed by atoms with Crippen LogP contribution in [0.5, 0.6) is 0 Å². The molecule has 2 rings (SSSR count). The summed E-state index contributed by atoms with van der Waals surface area (Å²) in [7, 11) is 1.69. The second kappa shape index (κ2) is 8.69. The van der Waals surface area contributed by atoms with E-state index in [1.807, 2.05) is 6.92 Å². The van der Waals surface area contributed by atoms with Crippen molar-refractivity contribution in [2.45, 2.75) is 26.1 Å². The maximum absolute atomic E-state index is 5.92. The summed E-state index contributed by atoms with van der Waals surface area (Å²) in [6, 6.07) is 0. The smallest absolute Gasteiger partial charge is 0.0900 e. The third-order valence-electron chi connectivity index (χ3n) is 3.35. The van der Waals surface area contributed by atoms with Gasteiger partial charge in [-0.05, 0) is 13.3 Å². The van der Waals surface area contributed by atoms with Gasteiger partial charge in [-0.3, -0.25) is 4.90 Å². The van der Waals surface area contributed by atoms with Gasteiger partial charge in [-0.15, -0.1) is 11.3 Å². The average Bonchev–Trinajstić information content (AvgIpc) is 3.05. The highest BCUT2D eigenvalue weighted by molar-refractivity contribution is 7.09. The minimum Gasteiger partial charge on any atom is -0.382 e. The molecular formula is C14H24N2O3S. The number of methoxy groups -OCH3 is 1. The zero-order valence-electron chi connectivity index (χ0n) is 12.3. The second-order valence-electron chi connectivity index (χ2n) is 4.99. The first-order valence-electron chi connectivity index (χ1n) is 7.09. The minimum atomic E-state index is 0.330. The van der Waals surface area contributed by atoms with Crippen molar-refractivity contribution < 1.29 is 14.2 Å². The van der Waals surface area contributed by atoms with Gasteiger partial charge in [-0.25, -0.2) is 4.98 Å². The molecule has 114 valence electrons. The van der Waals surface area contributed by atoms with Gasteiger partial charge in [0.05, 0.1) is 43.2 Å². The van der Waals surface area contributed by atoms with Gasteiger partial charge >= 0.3 is 0 Å². The van der Waals surface area contributed by atoms with Crippen LogP contribution in [0.1, 0.15) is 17.1 Å². The molecule has 1 aliphatic rings. The monoisotopic (exact) mass is 300 g/mol. The first-order valence-corrected chi connectivity index (χ1v) is 7.97. The summed E-state index contributed by atoms with van der Waals surface area (Å²) in [4.78, 5) is 6.81. The summed E-state index contributed by atoms with van der Waals surface area (Å²) >= 11 is 1.68. The molecule has 1 aromatic heterocycles. The van der Waals surface area contributed by atoms with Crippen LogP contribution in [0.15, 0.2) is 5.38 Å². The van der Waals surface area contributed by atoms with E-state index >= 15 is 0 Å². The van der Waals surface area contributed by atoms with Crippen LogP contribution in [0.25, 0.3) is 0 Å². The molecule has 1 saturated heterocycles. The number of rotatable bonds is 9. The molecule has 1 atom stereocenters. The first kappa shape index (κ1) is 15.9. The van der Waals surface area contributed by atoms with Gasteiger partial charge < -0.3 is 14.2 Å². The van der Waals surface area contributed by atoms with Crippen LogP contribution in [0, 0.1) is 6.92 Å². The molecule has 0 aromatic carbocycles. The number of nitrogens with zero attached hydrogens (tertiary/aromatic N) is 2. The molecule has 0 amide bonds. The van der Waals surface area contributed by atoms with Gasteiger partial charge in [0.25, 0.3) is 0 Å².